The highest BCUT2D eigenvalue weighted by molar-refractivity contribution is 9.10. The Hall–Kier alpha value is -1.11. The second kappa shape index (κ2) is 7.13. The Bertz CT molecular complexity index is 1090. The first-order chi connectivity index (χ1) is 12.5. The number of H-pyrrole nitrogens is 2. The quantitative estimate of drug-likeness (QED) is 0.267. The van der Waals surface area contributed by atoms with Gasteiger partial charge in [0, 0.05) is 21.3 Å². The molecule has 0 aliphatic heterocycles. The summed E-state index contributed by atoms with van der Waals surface area (Å²) >= 11 is 19.4. The minimum absolute atomic E-state index is 0.349. The highest BCUT2D eigenvalue weighted by atomic mass is 79.9. The first kappa shape index (κ1) is 18.3. The molecule has 0 unspecified atom stereocenters. The van der Waals surface area contributed by atoms with E-state index in [4.69, 9.17) is 32.2 Å². The lowest BCUT2D eigenvalue weighted by Crippen LogP contribution is -1.88. The van der Waals surface area contributed by atoms with Gasteiger partial charge in [0.2, 0.25) is 0 Å². The van der Waals surface area contributed by atoms with Crippen LogP contribution in [0.15, 0.2) is 45.6 Å². The van der Waals surface area contributed by atoms with Gasteiger partial charge in [-0.3, -0.25) is 0 Å². The number of halogens is 4. The van der Waals surface area contributed by atoms with E-state index < -0.39 is 8.25 Å². The molecule has 0 saturated heterocycles. The Morgan fingerprint density at radius 1 is 0.808 bits per heavy atom. The van der Waals surface area contributed by atoms with Crippen molar-refractivity contribution in [2.45, 2.75) is 0 Å². The maximum Gasteiger partial charge on any atom is 0.419 e. The van der Waals surface area contributed by atoms with Crippen molar-refractivity contribution in [2.75, 3.05) is 0 Å². The van der Waals surface area contributed by atoms with E-state index in [0.717, 1.165) is 11.0 Å². The molecule has 0 aliphatic carbocycles. The van der Waals surface area contributed by atoms with E-state index in [1.165, 1.54) is 0 Å². The van der Waals surface area contributed by atoms with Gasteiger partial charge in [-0.1, -0.05) is 23.2 Å². The van der Waals surface area contributed by atoms with Crippen LogP contribution in [0, 0.1) is 0 Å². The van der Waals surface area contributed by atoms with Crippen LogP contribution in [-0.2, 0) is 4.57 Å². The summed E-state index contributed by atoms with van der Waals surface area (Å²) in [6.07, 6.45) is 3.18. The van der Waals surface area contributed by atoms with E-state index in [1.807, 2.05) is 24.3 Å². The molecule has 0 spiro atoms. The average Bonchev–Trinajstić information content (AvgIpc) is 3.20. The standard InChI is InChI=1S/C16H9Br2Cl2N2O3P/c17-7-1-3-9-13(15(7)19)11(5-21-9)24-26(23)25-12-6-22-10-4-2-8(18)16(20)14(10)12/h1-6,21-22,26H. The fourth-order valence-corrected chi connectivity index (χ4v) is 4.52. The molecule has 0 atom stereocenters. The minimum atomic E-state index is -2.91. The molecule has 2 N–H and O–H groups in total. The van der Waals surface area contributed by atoms with Crippen LogP contribution in [0.3, 0.4) is 0 Å². The van der Waals surface area contributed by atoms with Gasteiger partial charge < -0.3 is 19.0 Å². The van der Waals surface area contributed by atoms with Gasteiger partial charge in [0.05, 0.1) is 31.9 Å². The molecule has 134 valence electrons. The minimum Gasteiger partial charge on any atom is -0.416 e. The van der Waals surface area contributed by atoms with Gasteiger partial charge in [-0.2, -0.15) is 0 Å². The molecule has 4 rings (SSSR count). The number of fused-ring (bicyclic) bond motifs is 2. The largest absolute Gasteiger partial charge is 0.419 e. The van der Waals surface area contributed by atoms with E-state index >= 15 is 0 Å². The molecule has 26 heavy (non-hydrogen) atoms. The van der Waals surface area contributed by atoms with Crippen molar-refractivity contribution in [1.82, 2.24) is 9.97 Å². The van der Waals surface area contributed by atoms with Gasteiger partial charge in [-0.05, 0) is 56.1 Å². The number of hydrogen-bond donors (Lipinski definition) is 2. The van der Waals surface area contributed by atoms with Crippen LogP contribution in [-0.4, -0.2) is 9.97 Å². The Balaban J connectivity index is 1.65. The lowest BCUT2D eigenvalue weighted by atomic mass is 10.2. The average molecular weight is 539 g/mol. The second-order valence-corrected chi connectivity index (χ2v) is 8.70. The normalized spacial score (nSPS) is 11.6. The fourth-order valence-electron chi connectivity index (χ4n) is 2.62. The number of aromatic nitrogens is 2. The molecule has 2 aromatic carbocycles. The summed E-state index contributed by atoms with van der Waals surface area (Å²) in [7, 11) is -2.91. The van der Waals surface area contributed by atoms with Crippen LogP contribution in [0.5, 0.6) is 11.5 Å². The third kappa shape index (κ3) is 3.16. The molecular formula is C16H9Br2Cl2N2O3P. The van der Waals surface area contributed by atoms with Crippen molar-refractivity contribution in [1.29, 1.82) is 0 Å². The van der Waals surface area contributed by atoms with Gasteiger partial charge in [0.25, 0.3) is 0 Å². The molecule has 10 heteroatoms. The molecule has 2 heterocycles. The summed E-state index contributed by atoms with van der Waals surface area (Å²) in [4.78, 5) is 6.05. The van der Waals surface area contributed by atoms with Gasteiger partial charge in [0.15, 0.2) is 11.5 Å². The summed E-state index contributed by atoms with van der Waals surface area (Å²) < 4.78 is 24.9. The second-order valence-electron chi connectivity index (χ2n) is 5.33. The molecule has 4 aromatic rings. The van der Waals surface area contributed by atoms with Crippen LogP contribution >= 0.6 is 63.3 Å². The predicted molar refractivity (Wildman–Crippen MR) is 112 cm³/mol. The Kier molecular flexibility index (Phi) is 5.01. The van der Waals surface area contributed by atoms with E-state index in [9.17, 15) is 4.57 Å². The molecule has 0 bridgehead atoms. The molecule has 5 nitrogen and oxygen atoms in total. The SMILES string of the molecule is O=[PH](Oc1c[nH]c2ccc(Br)c(Cl)c12)Oc1c[nH]c2ccc(Br)c(Cl)c12. The number of hydrogen-bond acceptors (Lipinski definition) is 3. The van der Waals surface area contributed by atoms with Crippen molar-refractivity contribution in [3.8, 4) is 11.5 Å². The summed E-state index contributed by atoms with van der Waals surface area (Å²) in [6.45, 7) is 0. The lowest BCUT2D eigenvalue weighted by molar-refractivity contribution is 0.419. The van der Waals surface area contributed by atoms with Crippen LogP contribution in [0.2, 0.25) is 10.0 Å². The van der Waals surface area contributed by atoms with Crippen molar-refractivity contribution >= 4 is 85.1 Å². The van der Waals surface area contributed by atoms with E-state index in [-0.39, 0.29) is 0 Å². The van der Waals surface area contributed by atoms with Crippen LogP contribution in [0.4, 0.5) is 0 Å². The van der Waals surface area contributed by atoms with Gasteiger partial charge in [-0.25, -0.2) is 4.57 Å². The monoisotopic (exact) mass is 536 g/mol. The van der Waals surface area contributed by atoms with Crippen molar-refractivity contribution < 1.29 is 13.6 Å². The van der Waals surface area contributed by atoms with Crippen LogP contribution in [0.25, 0.3) is 21.8 Å². The van der Waals surface area contributed by atoms with E-state index in [2.05, 4.69) is 41.8 Å². The molecule has 0 amide bonds. The van der Waals surface area contributed by atoms with Gasteiger partial charge in [-0.15, -0.1) is 0 Å². The third-order valence-corrected chi connectivity index (χ3v) is 7.12. The maximum atomic E-state index is 12.5. The van der Waals surface area contributed by atoms with E-state index in [0.29, 0.717) is 41.3 Å². The van der Waals surface area contributed by atoms with Crippen LogP contribution in [0.1, 0.15) is 0 Å². The van der Waals surface area contributed by atoms with Crippen molar-refractivity contribution in [3.05, 3.63) is 55.6 Å². The Morgan fingerprint density at radius 2 is 1.23 bits per heavy atom. The molecule has 0 aliphatic rings. The lowest BCUT2D eigenvalue weighted by Gasteiger charge is -2.08. The third-order valence-electron chi connectivity index (χ3n) is 3.79. The molecule has 2 aromatic heterocycles. The fraction of sp³-hybridized carbons (Fsp3) is 0. The first-order valence-electron chi connectivity index (χ1n) is 7.25. The zero-order valence-corrected chi connectivity index (χ0v) is 18.4. The summed E-state index contributed by atoms with van der Waals surface area (Å²) in [5, 5.41) is 2.19. The zero-order valence-electron chi connectivity index (χ0n) is 12.7. The maximum absolute atomic E-state index is 12.5. The zero-order chi connectivity index (χ0) is 18.4. The number of nitrogens with one attached hydrogen (secondary N) is 2. The Labute approximate surface area is 175 Å². The van der Waals surface area contributed by atoms with Crippen molar-refractivity contribution in [3.63, 3.8) is 0 Å². The molecule has 0 saturated carbocycles. The molecular weight excluding hydrogens is 530 g/mol. The van der Waals surface area contributed by atoms with Gasteiger partial charge >= 0.3 is 8.25 Å². The topological polar surface area (TPSA) is 67.1 Å². The summed E-state index contributed by atoms with van der Waals surface area (Å²) in [6, 6.07) is 7.31. The van der Waals surface area contributed by atoms with Crippen LogP contribution < -0.4 is 9.05 Å². The number of rotatable bonds is 4. The highest BCUT2D eigenvalue weighted by Gasteiger charge is 2.17. The Morgan fingerprint density at radius 3 is 1.65 bits per heavy atom. The summed E-state index contributed by atoms with van der Waals surface area (Å²) in [5.41, 5.74) is 1.53. The number of benzene rings is 2. The smallest absolute Gasteiger partial charge is 0.416 e. The van der Waals surface area contributed by atoms with Gasteiger partial charge in [0.1, 0.15) is 0 Å². The van der Waals surface area contributed by atoms with Crippen molar-refractivity contribution in [2.24, 2.45) is 0 Å². The highest BCUT2D eigenvalue weighted by Crippen LogP contribution is 2.43. The predicted octanol–water partition coefficient (Wildman–Crippen LogP) is 7.33. The number of aromatic amines is 2. The molecule has 0 radical (unpaired) electrons. The summed E-state index contributed by atoms with van der Waals surface area (Å²) in [5.74, 6) is 0.699. The molecule has 0 fully saturated rings. The first-order valence-corrected chi connectivity index (χ1v) is 10.8. The van der Waals surface area contributed by atoms with E-state index in [1.54, 1.807) is 12.4 Å².